The minimum Gasteiger partial charge on any atom is -0.366 e. The summed E-state index contributed by atoms with van der Waals surface area (Å²) in [5, 5.41) is 11.6. The third-order valence-electron chi connectivity index (χ3n) is 2.68. The van der Waals surface area contributed by atoms with Gasteiger partial charge in [0.25, 0.3) is 0 Å². The van der Waals surface area contributed by atoms with Gasteiger partial charge in [0.2, 0.25) is 0 Å². The highest BCUT2D eigenvalue weighted by atomic mass is 35.5. The minimum absolute atomic E-state index is 0.440. The molecule has 1 N–H and O–H groups in total. The number of aromatic nitrogens is 2. The molecule has 1 heterocycles. The third-order valence-corrected chi connectivity index (χ3v) is 2.88. The van der Waals surface area contributed by atoms with Gasteiger partial charge in [0, 0.05) is 6.04 Å². The molecule has 2 atom stereocenters. The van der Waals surface area contributed by atoms with Gasteiger partial charge in [-0.15, -0.1) is 10.2 Å². The minimum atomic E-state index is 0.440. The van der Waals surface area contributed by atoms with Crippen molar-refractivity contribution in [2.45, 2.75) is 32.2 Å². The molecule has 1 fully saturated rings. The van der Waals surface area contributed by atoms with Crippen LogP contribution in [0.25, 0.3) is 0 Å². The highest BCUT2D eigenvalue weighted by Crippen LogP contribution is 2.26. The lowest BCUT2D eigenvalue weighted by Gasteiger charge is -2.11. The highest BCUT2D eigenvalue weighted by Gasteiger charge is 2.21. The van der Waals surface area contributed by atoms with Crippen LogP contribution in [0, 0.1) is 5.92 Å². The quantitative estimate of drug-likeness (QED) is 0.818. The summed E-state index contributed by atoms with van der Waals surface area (Å²) in [5.74, 6) is 1.65. The van der Waals surface area contributed by atoms with Crippen molar-refractivity contribution < 1.29 is 0 Å². The van der Waals surface area contributed by atoms with Crippen LogP contribution in [0.3, 0.4) is 0 Å². The van der Waals surface area contributed by atoms with Crippen LogP contribution >= 0.6 is 11.6 Å². The molecule has 0 bridgehead atoms. The largest absolute Gasteiger partial charge is 0.366 e. The van der Waals surface area contributed by atoms with E-state index >= 15 is 0 Å². The normalized spacial score (nSPS) is 26.4. The second kappa shape index (κ2) is 4.13. The van der Waals surface area contributed by atoms with Crippen LogP contribution < -0.4 is 5.32 Å². The van der Waals surface area contributed by atoms with Gasteiger partial charge in [-0.3, -0.25) is 0 Å². The molecular weight excluding hydrogens is 198 g/mol. The van der Waals surface area contributed by atoms with Crippen LogP contribution in [0.5, 0.6) is 0 Å². The Morgan fingerprint density at radius 2 is 2.21 bits per heavy atom. The molecule has 2 rings (SSSR count). The van der Waals surface area contributed by atoms with Gasteiger partial charge in [-0.25, -0.2) is 0 Å². The second-order valence-corrected chi connectivity index (χ2v) is 4.39. The van der Waals surface area contributed by atoms with Gasteiger partial charge in [-0.1, -0.05) is 18.5 Å². The molecule has 4 heteroatoms. The molecule has 1 aromatic heterocycles. The molecule has 1 saturated carbocycles. The van der Waals surface area contributed by atoms with E-state index in [-0.39, 0.29) is 0 Å². The Bertz CT molecular complexity index is 299. The first-order valence-corrected chi connectivity index (χ1v) is 5.37. The van der Waals surface area contributed by atoms with Crippen LogP contribution in [0.4, 0.5) is 5.82 Å². The first-order chi connectivity index (χ1) is 6.74. The molecule has 0 radical (unpaired) electrons. The Morgan fingerprint density at radius 1 is 1.36 bits per heavy atom. The fourth-order valence-corrected chi connectivity index (χ4v) is 2.04. The number of hydrogen-bond acceptors (Lipinski definition) is 3. The SMILES string of the molecule is CC1CCC(Nc2ccc(Cl)nn2)C1. The van der Waals surface area contributed by atoms with E-state index in [0.717, 1.165) is 11.7 Å². The Morgan fingerprint density at radius 3 is 2.79 bits per heavy atom. The van der Waals surface area contributed by atoms with Crippen molar-refractivity contribution in [3.63, 3.8) is 0 Å². The van der Waals surface area contributed by atoms with Crippen molar-refractivity contribution in [2.75, 3.05) is 5.32 Å². The number of hydrogen-bond donors (Lipinski definition) is 1. The van der Waals surface area contributed by atoms with E-state index in [1.807, 2.05) is 6.07 Å². The van der Waals surface area contributed by atoms with Crippen LogP contribution in [-0.4, -0.2) is 16.2 Å². The van der Waals surface area contributed by atoms with Crippen LogP contribution in [0.2, 0.25) is 5.15 Å². The predicted molar refractivity (Wildman–Crippen MR) is 57.5 cm³/mol. The zero-order valence-corrected chi connectivity index (χ0v) is 8.96. The standard InChI is InChI=1S/C10H14ClN3/c1-7-2-3-8(6-7)12-10-5-4-9(11)13-14-10/h4-5,7-8H,2-3,6H2,1H3,(H,12,14). The van der Waals surface area contributed by atoms with E-state index in [2.05, 4.69) is 22.4 Å². The van der Waals surface area contributed by atoms with Crippen molar-refractivity contribution in [1.82, 2.24) is 10.2 Å². The average molecular weight is 212 g/mol. The fraction of sp³-hybridized carbons (Fsp3) is 0.600. The summed E-state index contributed by atoms with van der Waals surface area (Å²) < 4.78 is 0. The zero-order chi connectivity index (χ0) is 9.97. The van der Waals surface area contributed by atoms with Crippen molar-refractivity contribution in [3.05, 3.63) is 17.3 Å². The lowest BCUT2D eigenvalue weighted by molar-refractivity contribution is 0.602. The maximum atomic E-state index is 5.65. The lowest BCUT2D eigenvalue weighted by atomic mass is 10.1. The number of halogens is 1. The molecule has 76 valence electrons. The Hall–Kier alpha value is -0.830. The summed E-state index contributed by atoms with van der Waals surface area (Å²) in [6.45, 7) is 2.29. The van der Waals surface area contributed by atoms with Crippen molar-refractivity contribution in [2.24, 2.45) is 5.92 Å². The highest BCUT2D eigenvalue weighted by molar-refractivity contribution is 6.29. The van der Waals surface area contributed by atoms with E-state index in [1.54, 1.807) is 6.07 Å². The smallest absolute Gasteiger partial charge is 0.151 e. The summed E-state index contributed by atoms with van der Waals surface area (Å²) in [6, 6.07) is 4.19. The Balaban J connectivity index is 1.94. The summed E-state index contributed by atoms with van der Waals surface area (Å²) in [6.07, 6.45) is 3.76. The monoisotopic (exact) mass is 211 g/mol. The zero-order valence-electron chi connectivity index (χ0n) is 8.20. The molecule has 0 spiro atoms. The van der Waals surface area contributed by atoms with Gasteiger partial charge < -0.3 is 5.32 Å². The summed E-state index contributed by atoms with van der Waals surface area (Å²) in [7, 11) is 0. The first-order valence-electron chi connectivity index (χ1n) is 5.00. The van der Waals surface area contributed by atoms with E-state index in [9.17, 15) is 0 Å². The van der Waals surface area contributed by atoms with Gasteiger partial charge in [-0.2, -0.15) is 0 Å². The van der Waals surface area contributed by atoms with Crippen LogP contribution in [0.15, 0.2) is 12.1 Å². The summed E-state index contributed by atoms with van der Waals surface area (Å²) in [4.78, 5) is 0. The fourth-order valence-electron chi connectivity index (χ4n) is 1.94. The second-order valence-electron chi connectivity index (χ2n) is 4.00. The van der Waals surface area contributed by atoms with Crippen molar-refractivity contribution >= 4 is 17.4 Å². The molecule has 1 aliphatic rings. The van der Waals surface area contributed by atoms with Gasteiger partial charge in [-0.05, 0) is 37.3 Å². The Labute approximate surface area is 88.9 Å². The molecule has 0 saturated heterocycles. The molecule has 3 nitrogen and oxygen atoms in total. The van der Waals surface area contributed by atoms with Crippen molar-refractivity contribution in [1.29, 1.82) is 0 Å². The number of nitrogens with one attached hydrogen (secondary N) is 1. The van der Waals surface area contributed by atoms with E-state index in [4.69, 9.17) is 11.6 Å². The van der Waals surface area contributed by atoms with Gasteiger partial charge >= 0.3 is 0 Å². The molecule has 2 unspecified atom stereocenters. The summed E-state index contributed by atoms with van der Waals surface area (Å²) in [5.41, 5.74) is 0. The third kappa shape index (κ3) is 2.35. The molecular formula is C10H14ClN3. The van der Waals surface area contributed by atoms with Gasteiger partial charge in [0.1, 0.15) is 5.82 Å². The van der Waals surface area contributed by atoms with Gasteiger partial charge in [0.05, 0.1) is 0 Å². The number of nitrogens with zero attached hydrogens (tertiary/aromatic N) is 2. The molecule has 0 amide bonds. The van der Waals surface area contributed by atoms with E-state index < -0.39 is 0 Å². The molecule has 0 aliphatic heterocycles. The van der Waals surface area contributed by atoms with E-state index in [0.29, 0.717) is 11.2 Å². The van der Waals surface area contributed by atoms with Gasteiger partial charge in [0.15, 0.2) is 5.15 Å². The maximum Gasteiger partial charge on any atom is 0.151 e. The van der Waals surface area contributed by atoms with Crippen LogP contribution in [-0.2, 0) is 0 Å². The molecule has 1 aliphatic carbocycles. The molecule has 1 aromatic rings. The lowest BCUT2D eigenvalue weighted by Crippen LogP contribution is -2.16. The predicted octanol–water partition coefficient (Wildman–Crippen LogP) is 2.73. The number of rotatable bonds is 2. The average Bonchev–Trinajstić information content (AvgIpc) is 2.56. The van der Waals surface area contributed by atoms with E-state index in [1.165, 1.54) is 19.3 Å². The van der Waals surface area contributed by atoms with Crippen molar-refractivity contribution in [3.8, 4) is 0 Å². The topological polar surface area (TPSA) is 37.8 Å². The number of anilines is 1. The summed E-state index contributed by atoms with van der Waals surface area (Å²) >= 11 is 5.65. The molecule has 14 heavy (non-hydrogen) atoms. The first kappa shape index (κ1) is 9.71. The maximum absolute atomic E-state index is 5.65. The Kier molecular flexibility index (Phi) is 2.87. The van der Waals surface area contributed by atoms with Crippen LogP contribution in [0.1, 0.15) is 26.2 Å². The molecule has 0 aromatic carbocycles.